The van der Waals surface area contributed by atoms with E-state index >= 15 is 0 Å². The molecule has 2 atom stereocenters. The summed E-state index contributed by atoms with van der Waals surface area (Å²) in [6, 6.07) is 6.90. The van der Waals surface area contributed by atoms with Crippen molar-refractivity contribution in [2.45, 2.75) is 32.0 Å². The van der Waals surface area contributed by atoms with Crippen molar-refractivity contribution >= 4 is 46.4 Å². The Hall–Kier alpha value is -1.36. The first-order valence-corrected chi connectivity index (χ1v) is 11.3. The number of rotatable bonds is 12. The molecule has 32 heavy (non-hydrogen) atoms. The zero-order valence-electron chi connectivity index (χ0n) is 17.4. The van der Waals surface area contributed by atoms with Crippen LogP contribution in [0.15, 0.2) is 24.3 Å². The van der Waals surface area contributed by atoms with Crippen molar-refractivity contribution in [1.29, 1.82) is 0 Å². The highest BCUT2D eigenvalue weighted by molar-refractivity contribution is 6.38. The fourth-order valence-electron chi connectivity index (χ4n) is 2.72. The standard InChI is InChI=1S/C23H24Cl4O5/c1-3-5-30-11-17(29)13-32-23-20(26)9-15(10-21(23)27)6-14-7-18(24)22(19(25)8-14)31-12-16(28)4-2/h1,7-10,16-17,28-29H,4-6,11-13H2,2H3. The van der Waals surface area contributed by atoms with Gasteiger partial charge in [0.25, 0.3) is 0 Å². The van der Waals surface area contributed by atoms with Crippen LogP contribution in [-0.4, -0.2) is 48.8 Å². The third kappa shape index (κ3) is 8.20. The van der Waals surface area contributed by atoms with E-state index in [0.717, 1.165) is 11.1 Å². The van der Waals surface area contributed by atoms with E-state index in [-0.39, 0.29) is 32.2 Å². The Morgan fingerprint density at radius 1 is 0.812 bits per heavy atom. The maximum atomic E-state index is 9.87. The lowest BCUT2D eigenvalue weighted by Gasteiger charge is -2.16. The van der Waals surface area contributed by atoms with Crippen molar-refractivity contribution in [1.82, 2.24) is 0 Å². The largest absolute Gasteiger partial charge is 0.488 e. The molecule has 0 radical (unpaired) electrons. The minimum Gasteiger partial charge on any atom is -0.488 e. The predicted octanol–water partition coefficient (Wildman–Crippen LogP) is 5.43. The predicted molar refractivity (Wildman–Crippen MR) is 129 cm³/mol. The SMILES string of the molecule is C#CCOCC(O)COc1c(Cl)cc(Cc2cc(Cl)c(OCC(O)CC)c(Cl)c2)cc1Cl. The lowest BCUT2D eigenvalue weighted by molar-refractivity contribution is 0.0229. The Morgan fingerprint density at radius 3 is 1.66 bits per heavy atom. The Labute approximate surface area is 208 Å². The molecule has 0 bridgehead atoms. The molecule has 0 aromatic heterocycles. The summed E-state index contributed by atoms with van der Waals surface area (Å²) in [5.74, 6) is 2.91. The van der Waals surface area contributed by atoms with Gasteiger partial charge in [0.15, 0.2) is 11.5 Å². The van der Waals surface area contributed by atoms with Gasteiger partial charge in [0.2, 0.25) is 0 Å². The highest BCUT2D eigenvalue weighted by Crippen LogP contribution is 2.37. The molecule has 9 heteroatoms. The first-order chi connectivity index (χ1) is 15.2. The number of hydrogen-bond donors (Lipinski definition) is 2. The van der Waals surface area contributed by atoms with E-state index < -0.39 is 12.2 Å². The second kappa shape index (κ2) is 13.4. The maximum absolute atomic E-state index is 9.87. The van der Waals surface area contributed by atoms with Crippen LogP contribution >= 0.6 is 46.4 Å². The van der Waals surface area contributed by atoms with Crippen molar-refractivity contribution in [2.24, 2.45) is 0 Å². The molecule has 174 valence electrons. The molecule has 0 aliphatic rings. The molecule has 0 saturated carbocycles. The molecule has 2 aromatic carbocycles. The molecule has 0 spiro atoms. The van der Waals surface area contributed by atoms with Gasteiger partial charge in [0.1, 0.15) is 25.9 Å². The molecule has 0 aliphatic heterocycles. The van der Waals surface area contributed by atoms with Crippen LogP contribution in [-0.2, 0) is 11.2 Å². The molecule has 0 heterocycles. The minimum atomic E-state index is -0.876. The molecular weight excluding hydrogens is 498 g/mol. The van der Waals surface area contributed by atoms with Crippen LogP contribution in [0.5, 0.6) is 11.5 Å². The smallest absolute Gasteiger partial charge is 0.156 e. The number of ether oxygens (including phenoxy) is 3. The molecular formula is C23H24Cl4O5. The van der Waals surface area contributed by atoms with Gasteiger partial charge in [-0.1, -0.05) is 59.2 Å². The number of aliphatic hydroxyl groups excluding tert-OH is 2. The van der Waals surface area contributed by atoms with Gasteiger partial charge in [-0.2, -0.15) is 0 Å². The summed E-state index contributed by atoms with van der Waals surface area (Å²) >= 11 is 25.3. The van der Waals surface area contributed by atoms with Crippen LogP contribution in [0, 0.1) is 12.3 Å². The first kappa shape index (κ1) is 26.9. The average Bonchev–Trinajstić information content (AvgIpc) is 2.72. The zero-order valence-corrected chi connectivity index (χ0v) is 20.4. The summed E-state index contributed by atoms with van der Waals surface area (Å²) in [5.41, 5.74) is 1.64. The zero-order chi connectivity index (χ0) is 23.7. The van der Waals surface area contributed by atoms with Gasteiger partial charge in [-0.3, -0.25) is 0 Å². The second-order valence-corrected chi connectivity index (χ2v) is 8.64. The lowest BCUT2D eigenvalue weighted by Crippen LogP contribution is -2.23. The van der Waals surface area contributed by atoms with Gasteiger partial charge in [0.05, 0.1) is 32.8 Å². The number of terminal acetylenes is 1. The van der Waals surface area contributed by atoms with Crippen molar-refractivity contribution in [3.63, 3.8) is 0 Å². The molecule has 0 saturated heterocycles. The fourth-order valence-corrected chi connectivity index (χ4v) is 4.00. The number of hydrogen-bond acceptors (Lipinski definition) is 5. The third-order valence-corrected chi connectivity index (χ3v) is 5.45. The molecule has 0 aliphatic carbocycles. The first-order valence-electron chi connectivity index (χ1n) is 9.83. The topological polar surface area (TPSA) is 68.2 Å². The van der Waals surface area contributed by atoms with Gasteiger partial charge in [0, 0.05) is 0 Å². The monoisotopic (exact) mass is 520 g/mol. The summed E-state index contributed by atoms with van der Waals surface area (Å²) in [6.45, 7) is 2.05. The Kier molecular flexibility index (Phi) is 11.2. The Bertz CT molecular complexity index is 898. The highest BCUT2D eigenvalue weighted by Gasteiger charge is 2.15. The maximum Gasteiger partial charge on any atom is 0.156 e. The lowest BCUT2D eigenvalue weighted by atomic mass is 10.0. The summed E-state index contributed by atoms with van der Waals surface area (Å²) in [6.07, 6.45) is 4.64. The van der Waals surface area contributed by atoms with E-state index in [4.69, 9.17) is 67.0 Å². The van der Waals surface area contributed by atoms with E-state index in [1.807, 2.05) is 6.92 Å². The van der Waals surface area contributed by atoms with E-state index in [1.54, 1.807) is 24.3 Å². The molecule has 0 fully saturated rings. The summed E-state index contributed by atoms with van der Waals surface area (Å²) in [4.78, 5) is 0. The molecule has 2 rings (SSSR count). The van der Waals surface area contributed by atoms with Crippen LogP contribution in [0.2, 0.25) is 20.1 Å². The molecule has 2 unspecified atom stereocenters. The third-order valence-electron chi connectivity index (χ3n) is 4.33. The van der Waals surface area contributed by atoms with Crippen LogP contribution in [0.25, 0.3) is 0 Å². The number of aliphatic hydroxyl groups is 2. The van der Waals surface area contributed by atoms with E-state index in [1.165, 1.54) is 0 Å². The normalized spacial score (nSPS) is 12.8. The molecule has 0 amide bonds. The molecule has 5 nitrogen and oxygen atoms in total. The molecule has 2 N–H and O–H groups in total. The van der Waals surface area contributed by atoms with Gasteiger partial charge in [-0.05, 0) is 48.2 Å². The van der Waals surface area contributed by atoms with Gasteiger partial charge < -0.3 is 24.4 Å². The highest BCUT2D eigenvalue weighted by atomic mass is 35.5. The van der Waals surface area contributed by atoms with E-state index in [2.05, 4.69) is 5.92 Å². The van der Waals surface area contributed by atoms with Crippen molar-refractivity contribution in [3.8, 4) is 23.8 Å². The van der Waals surface area contributed by atoms with Gasteiger partial charge >= 0.3 is 0 Å². The summed E-state index contributed by atoms with van der Waals surface area (Å²) in [5, 5.41) is 20.8. The van der Waals surface area contributed by atoms with Crippen LogP contribution in [0.3, 0.4) is 0 Å². The van der Waals surface area contributed by atoms with Crippen molar-refractivity contribution in [3.05, 3.63) is 55.5 Å². The molecule has 2 aromatic rings. The fraction of sp³-hybridized carbons (Fsp3) is 0.391. The van der Waals surface area contributed by atoms with E-state index in [0.29, 0.717) is 38.7 Å². The summed E-state index contributed by atoms with van der Waals surface area (Å²) in [7, 11) is 0. The average molecular weight is 522 g/mol. The van der Waals surface area contributed by atoms with Crippen molar-refractivity contribution < 1.29 is 24.4 Å². The van der Waals surface area contributed by atoms with Gasteiger partial charge in [-0.25, -0.2) is 0 Å². The Balaban J connectivity index is 2.06. The Morgan fingerprint density at radius 2 is 1.25 bits per heavy atom. The minimum absolute atomic E-state index is 0.0379. The number of halogens is 4. The summed E-state index contributed by atoms with van der Waals surface area (Å²) < 4.78 is 16.2. The number of benzene rings is 2. The van der Waals surface area contributed by atoms with Gasteiger partial charge in [-0.15, -0.1) is 6.42 Å². The van der Waals surface area contributed by atoms with Crippen LogP contribution < -0.4 is 9.47 Å². The van der Waals surface area contributed by atoms with Crippen LogP contribution in [0.4, 0.5) is 0 Å². The van der Waals surface area contributed by atoms with E-state index in [9.17, 15) is 10.2 Å². The second-order valence-electron chi connectivity index (χ2n) is 7.01. The van der Waals surface area contributed by atoms with Crippen molar-refractivity contribution in [2.75, 3.05) is 26.4 Å². The van der Waals surface area contributed by atoms with Crippen LogP contribution in [0.1, 0.15) is 24.5 Å². The quantitative estimate of drug-likeness (QED) is 0.288.